The summed E-state index contributed by atoms with van der Waals surface area (Å²) in [4.78, 5) is 72.3. The third kappa shape index (κ3) is 5.41. The predicted molar refractivity (Wildman–Crippen MR) is 145 cm³/mol. The number of carboxylic acid groups (broad SMARTS) is 1. The van der Waals surface area contributed by atoms with Crippen molar-refractivity contribution in [1.29, 1.82) is 0 Å². The average molecular weight is 566 g/mol. The van der Waals surface area contributed by atoms with Gasteiger partial charge in [0.05, 0.1) is 6.04 Å². The number of aliphatic carboxylic acids is 1. The highest BCUT2D eigenvalue weighted by Crippen LogP contribution is 2.48. The molecule has 2 aliphatic rings. The lowest BCUT2D eigenvalue weighted by atomic mass is 9.93. The van der Waals surface area contributed by atoms with Crippen molar-refractivity contribution >= 4 is 42.1 Å². The van der Waals surface area contributed by atoms with Crippen molar-refractivity contribution in [3.05, 3.63) is 83.4 Å². The van der Waals surface area contributed by atoms with Gasteiger partial charge in [-0.15, -0.1) is 0 Å². The van der Waals surface area contributed by atoms with Gasteiger partial charge in [-0.2, -0.15) is 0 Å². The molecule has 1 fully saturated rings. The standard InChI is InChI=1S/C28H28N3O8P/c32-24(29-22(28(35)36)14-16-6-2-1-3-7-16)21-15-18(25(30-21)40(37,38)39)12-13-31-26(33)19-10-4-8-17-9-5-11-20(23(17)19)27(31)34/h1-11,18,21-22,25,30H,12-15H2,(H,29,32)(H,35,36)(H2,37,38,39)/t18-,21+,22-,25-/m0/s1. The van der Waals surface area contributed by atoms with Gasteiger partial charge in [-0.25, -0.2) is 4.79 Å². The van der Waals surface area contributed by atoms with Crippen LogP contribution < -0.4 is 10.6 Å². The molecule has 40 heavy (non-hydrogen) atoms. The summed E-state index contributed by atoms with van der Waals surface area (Å²) in [5.41, 5.74) is 1.45. The number of imide groups is 1. The molecule has 3 amide bonds. The maximum Gasteiger partial charge on any atom is 0.342 e. The lowest BCUT2D eigenvalue weighted by molar-refractivity contribution is -0.142. The van der Waals surface area contributed by atoms with Gasteiger partial charge in [0, 0.05) is 29.5 Å². The molecule has 2 heterocycles. The van der Waals surface area contributed by atoms with E-state index in [4.69, 9.17) is 0 Å². The van der Waals surface area contributed by atoms with E-state index in [-0.39, 0.29) is 25.8 Å². The minimum atomic E-state index is -4.74. The average Bonchev–Trinajstić information content (AvgIpc) is 3.37. The molecule has 0 radical (unpaired) electrons. The fourth-order valence-corrected chi connectivity index (χ4v) is 6.77. The van der Waals surface area contributed by atoms with E-state index < -0.39 is 55.1 Å². The zero-order chi connectivity index (χ0) is 28.6. The molecule has 1 saturated heterocycles. The first-order valence-corrected chi connectivity index (χ1v) is 14.5. The molecule has 0 saturated carbocycles. The van der Waals surface area contributed by atoms with Crippen LogP contribution in [0.4, 0.5) is 0 Å². The fourth-order valence-electron chi connectivity index (χ4n) is 5.57. The lowest BCUT2D eigenvalue weighted by Gasteiger charge is -2.29. The number of amides is 3. The van der Waals surface area contributed by atoms with E-state index in [1.165, 1.54) is 0 Å². The normalized spacial score (nSPS) is 21.4. The van der Waals surface area contributed by atoms with Gasteiger partial charge in [0.1, 0.15) is 11.8 Å². The highest BCUT2D eigenvalue weighted by Gasteiger charge is 2.47. The van der Waals surface area contributed by atoms with Gasteiger partial charge in [0.2, 0.25) is 5.91 Å². The molecule has 0 unspecified atom stereocenters. The maximum absolute atomic E-state index is 13.2. The summed E-state index contributed by atoms with van der Waals surface area (Å²) in [6, 6.07) is 16.8. The molecule has 5 rings (SSSR count). The van der Waals surface area contributed by atoms with Crippen LogP contribution in [-0.4, -0.2) is 67.9 Å². The fraction of sp³-hybridized carbons (Fsp3) is 0.286. The first kappa shape index (κ1) is 27.7. The van der Waals surface area contributed by atoms with Crippen LogP contribution in [-0.2, 0) is 20.6 Å². The molecule has 3 aromatic rings. The summed E-state index contributed by atoms with van der Waals surface area (Å²) in [6.45, 7) is -0.106. The van der Waals surface area contributed by atoms with E-state index in [2.05, 4.69) is 10.6 Å². The van der Waals surface area contributed by atoms with Crippen molar-refractivity contribution < 1.29 is 38.6 Å². The Morgan fingerprint density at radius 1 is 0.975 bits per heavy atom. The molecule has 12 heteroatoms. The molecular weight excluding hydrogens is 537 g/mol. The molecule has 5 N–H and O–H groups in total. The number of nitrogens with one attached hydrogen (secondary N) is 2. The Morgan fingerprint density at radius 2 is 1.60 bits per heavy atom. The summed E-state index contributed by atoms with van der Waals surface area (Å²) in [5.74, 6) is -5.08. The molecule has 0 aliphatic carbocycles. The molecule has 0 bridgehead atoms. The van der Waals surface area contributed by atoms with Crippen LogP contribution in [0.5, 0.6) is 0 Å². The van der Waals surface area contributed by atoms with Crippen molar-refractivity contribution in [1.82, 2.24) is 15.5 Å². The number of carbonyl (C=O) groups is 4. The number of hydrogen-bond acceptors (Lipinski definition) is 6. The van der Waals surface area contributed by atoms with Crippen LogP contribution in [0.1, 0.15) is 39.1 Å². The highest BCUT2D eigenvalue weighted by atomic mass is 31.2. The highest BCUT2D eigenvalue weighted by molar-refractivity contribution is 7.52. The number of benzene rings is 3. The second kappa shape index (κ2) is 10.9. The molecular formula is C28H28N3O8P. The van der Waals surface area contributed by atoms with E-state index in [1.807, 2.05) is 12.1 Å². The Hall–Kier alpha value is -3.89. The Labute approximate surface area is 229 Å². The van der Waals surface area contributed by atoms with Crippen molar-refractivity contribution in [3.8, 4) is 0 Å². The van der Waals surface area contributed by atoms with E-state index in [1.54, 1.807) is 54.6 Å². The zero-order valence-corrected chi connectivity index (χ0v) is 22.2. The van der Waals surface area contributed by atoms with Crippen molar-refractivity contribution in [2.45, 2.75) is 37.1 Å². The molecule has 0 aromatic heterocycles. The number of carboxylic acids is 1. The summed E-state index contributed by atoms with van der Waals surface area (Å²) in [6.07, 6.45) is 0.0592. The Balaban J connectivity index is 1.29. The summed E-state index contributed by atoms with van der Waals surface area (Å²) < 4.78 is 12.3. The second-order valence-electron chi connectivity index (χ2n) is 10.1. The van der Waals surface area contributed by atoms with Crippen LogP contribution in [0.3, 0.4) is 0 Å². The summed E-state index contributed by atoms with van der Waals surface area (Å²) in [7, 11) is -4.74. The van der Waals surface area contributed by atoms with Gasteiger partial charge in [0.25, 0.3) is 11.8 Å². The third-order valence-corrected chi connectivity index (χ3v) is 8.81. The number of hydrogen-bond donors (Lipinski definition) is 5. The number of rotatable bonds is 9. The predicted octanol–water partition coefficient (Wildman–Crippen LogP) is 2.12. The van der Waals surface area contributed by atoms with E-state index in [0.29, 0.717) is 22.1 Å². The zero-order valence-electron chi connectivity index (χ0n) is 21.3. The van der Waals surface area contributed by atoms with Crippen LogP contribution >= 0.6 is 7.60 Å². The second-order valence-corrected chi connectivity index (χ2v) is 11.8. The van der Waals surface area contributed by atoms with Crippen LogP contribution in [0.25, 0.3) is 10.8 Å². The quantitative estimate of drug-likeness (QED) is 0.192. The van der Waals surface area contributed by atoms with Crippen LogP contribution in [0.2, 0.25) is 0 Å². The van der Waals surface area contributed by atoms with Gasteiger partial charge < -0.3 is 20.2 Å². The molecule has 3 aromatic carbocycles. The van der Waals surface area contributed by atoms with E-state index in [0.717, 1.165) is 10.3 Å². The maximum atomic E-state index is 13.2. The van der Waals surface area contributed by atoms with Gasteiger partial charge in [-0.1, -0.05) is 54.6 Å². The molecule has 2 aliphatic heterocycles. The summed E-state index contributed by atoms with van der Waals surface area (Å²) in [5, 5.41) is 16.1. The summed E-state index contributed by atoms with van der Waals surface area (Å²) >= 11 is 0. The number of nitrogens with zero attached hydrogens (tertiary/aromatic N) is 1. The lowest BCUT2D eigenvalue weighted by Crippen LogP contribution is -2.50. The third-order valence-electron chi connectivity index (χ3n) is 7.51. The topological polar surface area (TPSA) is 173 Å². The Bertz CT molecular complexity index is 1490. The van der Waals surface area contributed by atoms with Gasteiger partial charge >= 0.3 is 13.6 Å². The monoisotopic (exact) mass is 565 g/mol. The molecule has 208 valence electrons. The smallest absolute Gasteiger partial charge is 0.342 e. The SMILES string of the molecule is O=C(O)[C@H](Cc1ccccc1)NC(=O)[C@H]1C[C@H](CCN2C(=O)c3cccc4cccc(c34)C2=O)[C@H](P(=O)(O)O)N1. The van der Waals surface area contributed by atoms with Crippen LogP contribution in [0.15, 0.2) is 66.7 Å². The number of carbonyl (C=O) groups excluding carboxylic acids is 3. The van der Waals surface area contributed by atoms with Crippen molar-refractivity contribution in [2.75, 3.05) is 6.54 Å². The molecule has 11 nitrogen and oxygen atoms in total. The largest absolute Gasteiger partial charge is 0.480 e. The molecule has 0 spiro atoms. The van der Waals surface area contributed by atoms with E-state index in [9.17, 15) is 38.6 Å². The first-order chi connectivity index (χ1) is 19.0. The van der Waals surface area contributed by atoms with Gasteiger partial charge in [-0.3, -0.25) is 29.2 Å². The van der Waals surface area contributed by atoms with E-state index >= 15 is 0 Å². The van der Waals surface area contributed by atoms with Gasteiger partial charge in [-0.05, 0) is 41.8 Å². The minimum absolute atomic E-state index is 0.0122. The Morgan fingerprint density at radius 3 is 2.17 bits per heavy atom. The minimum Gasteiger partial charge on any atom is -0.480 e. The van der Waals surface area contributed by atoms with Crippen LogP contribution in [0, 0.1) is 5.92 Å². The van der Waals surface area contributed by atoms with Gasteiger partial charge in [0.15, 0.2) is 0 Å². The van der Waals surface area contributed by atoms with Crippen molar-refractivity contribution in [2.24, 2.45) is 5.92 Å². The Kier molecular flexibility index (Phi) is 7.57. The van der Waals surface area contributed by atoms with Crippen molar-refractivity contribution in [3.63, 3.8) is 0 Å². The first-order valence-electron chi connectivity index (χ1n) is 12.8. The molecule has 4 atom stereocenters.